The van der Waals surface area contributed by atoms with Gasteiger partial charge in [-0.25, -0.2) is 4.39 Å². The van der Waals surface area contributed by atoms with Crippen molar-refractivity contribution in [1.82, 2.24) is 0 Å². The van der Waals surface area contributed by atoms with Gasteiger partial charge in [0.1, 0.15) is 18.1 Å². The fourth-order valence-electron chi connectivity index (χ4n) is 3.32. The van der Waals surface area contributed by atoms with Gasteiger partial charge in [0.25, 0.3) is 11.8 Å². The summed E-state index contributed by atoms with van der Waals surface area (Å²) in [5.41, 5.74) is 1.67. The van der Waals surface area contributed by atoms with Crippen LogP contribution in [-0.2, 0) is 9.59 Å². The Morgan fingerprint density at radius 2 is 1.69 bits per heavy atom. The fraction of sp³-hybridized carbons (Fsp3) is 0.125. The van der Waals surface area contributed by atoms with Crippen LogP contribution in [0, 0.1) is 5.82 Å². The summed E-state index contributed by atoms with van der Waals surface area (Å²) < 4.78 is 18.8. The van der Waals surface area contributed by atoms with Crippen LogP contribution in [0.3, 0.4) is 0 Å². The van der Waals surface area contributed by atoms with Crippen LogP contribution in [0.25, 0.3) is 0 Å². The summed E-state index contributed by atoms with van der Waals surface area (Å²) in [5, 5.41) is 5.47. The average molecular weight is 433 g/mol. The largest absolute Gasteiger partial charge is 0.479 e. The number of amides is 3. The Labute approximate surface area is 183 Å². The van der Waals surface area contributed by atoms with Crippen molar-refractivity contribution < 1.29 is 23.5 Å². The fourth-order valence-corrected chi connectivity index (χ4v) is 3.32. The number of ether oxygens (including phenoxy) is 1. The van der Waals surface area contributed by atoms with E-state index in [0.29, 0.717) is 22.8 Å². The van der Waals surface area contributed by atoms with E-state index in [-0.39, 0.29) is 23.9 Å². The maximum absolute atomic E-state index is 13.1. The summed E-state index contributed by atoms with van der Waals surface area (Å²) in [5.74, 6) is -1.20. The number of rotatable bonds is 5. The lowest BCUT2D eigenvalue weighted by molar-refractivity contribution is -0.127. The summed E-state index contributed by atoms with van der Waals surface area (Å²) in [4.78, 5) is 39.1. The van der Waals surface area contributed by atoms with Gasteiger partial charge in [-0.2, -0.15) is 0 Å². The zero-order chi connectivity index (χ0) is 22.7. The van der Waals surface area contributed by atoms with Crippen molar-refractivity contribution in [1.29, 1.82) is 0 Å². The molecule has 0 saturated carbocycles. The molecule has 1 aliphatic heterocycles. The van der Waals surface area contributed by atoms with Gasteiger partial charge in [-0.1, -0.05) is 18.2 Å². The lowest BCUT2D eigenvalue weighted by Crippen LogP contribution is -2.47. The third-order valence-electron chi connectivity index (χ3n) is 4.89. The molecule has 0 radical (unpaired) electrons. The van der Waals surface area contributed by atoms with Gasteiger partial charge in [0.05, 0.1) is 5.69 Å². The van der Waals surface area contributed by atoms with Crippen LogP contribution in [0.1, 0.15) is 17.3 Å². The maximum atomic E-state index is 13.1. The molecule has 1 unspecified atom stereocenters. The Morgan fingerprint density at radius 3 is 2.41 bits per heavy atom. The van der Waals surface area contributed by atoms with E-state index in [0.717, 1.165) is 0 Å². The van der Waals surface area contributed by atoms with Gasteiger partial charge in [0.2, 0.25) is 5.91 Å². The monoisotopic (exact) mass is 433 g/mol. The summed E-state index contributed by atoms with van der Waals surface area (Å²) in [6.07, 6.45) is -0.758. The number of halogens is 1. The number of para-hydroxylation sites is 1. The highest BCUT2D eigenvalue weighted by molar-refractivity contribution is 6.08. The van der Waals surface area contributed by atoms with Gasteiger partial charge in [0.15, 0.2) is 6.10 Å². The van der Waals surface area contributed by atoms with Crippen LogP contribution in [0.2, 0.25) is 0 Å². The molecule has 32 heavy (non-hydrogen) atoms. The number of hydrogen-bond acceptors (Lipinski definition) is 4. The second-order valence-electron chi connectivity index (χ2n) is 7.24. The Bertz CT molecular complexity index is 1170. The topological polar surface area (TPSA) is 87.7 Å². The number of anilines is 3. The van der Waals surface area contributed by atoms with Crippen LogP contribution in [0.15, 0.2) is 72.8 Å². The lowest BCUT2D eigenvalue weighted by Gasteiger charge is -2.33. The summed E-state index contributed by atoms with van der Waals surface area (Å²) >= 11 is 0. The molecule has 3 aromatic rings. The van der Waals surface area contributed by atoms with E-state index in [2.05, 4.69) is 10.6 Å². The highest BCUT2D eigenvalue weighted by Crippen LogP contribution is 2.36. The van der Waals surface area contributed by atoms with E-state index >= 15 is 0 Å². The molecule has 3 aromatic carbocycles. The van der Waals surface area contributed by atoms with Gasteiger partial charge in [-0.05, 0) is 61.5 Å². The van der Waals surface area contributed by atoms with Crippen molar-refractivity contribution in [2.75, 3.05) is 22.1 Å². The van der Waals surface area contributed by atoms with Crippen molar-refractivity contribution in [3.8, 4) is 5.75 Å². The van der Waals surface area contributed by atoms with Crippen molar-refractivity contribution in [3.63, 3.8) is 0 Å². The smallest absolute Gasteiger partial charge is 0.268 e. The highest BCUT2D eigenvalue weighted by Gasteiger charge is 2.33. The quantitative estimate of drug-likeness (QED) is 0.640. The molecule has 1 heterocycles. The van der Waals surface area contributed by atoms with Crippen molar-refractivity contribution in [3.05, 3.63) is 84.2 Å². The normalized spacial score (nSPS) is 14.9. The predicted molar refractivity (Wildman–Crippen MR) is 118 cm³/mol. The van der Waals surface area contributed by atoms with Crippen LogP contribution >= 0.6 is 0 Å². The van der Waals surface area contributed by atoms with Gasteiger partial charge in [-0.3, -0.25) is 19.3 Å². The van der Waals surface area contributed by atoms with Crippen LogP contribution in [-0.4, -0.2) is 30.4 Å². The summed E-state index contributed by atoms with van der Waals surface area (Å²) in [6.45, 7) is 1.39. The minimum atomic E-state index is -0.758. The third-order valence-corrected chi connectivity index (χ3v) is 4.89. The number of nitrogens with one attached hydrogen (secondary N) is 2. The second kappa shape index (κ2) is 8.89. The first-order valence-electron chi connectivity index (χ1n) is 9.94. The number of benzene rings is 3. The van der Waals surface area contributed by atoms with Crippen LogP contribution in [0.4, 0.5) is 21.5 Å². The highest BCUT2D eigenvalue weighted by atomic mass is 19.1. The van der Waals surface area contributed by atoms with E-state index in [9.17, 15) is 18.8 Å². The molecule has 8 heteroatoms. The molecule has 7 nitrogen and oxygen atoms in total. The van der Waals surface area contributed by atoms with Crippen molar-refractivity contribution in [2.45, 2.75) is 13.0 Å². The number of hydrogen-bond donors (Lipinski definition) is 2. The minimum absolute atomic E-state index is 0.218. The van der Waals surface area contributed by atoms with Gasteiger partial charge < -0.3 is 15.4 Å². The zero-order valence-electron chi connectivity index (χ0n) is 17.2. The number of nitrogens with zero attached hydrogens (tertiary/aromatic N) is 1. The number of carbonyl (C=O) groups excluding carboxylic acids is 3. The first-order valence-corrected chi connectivity index (χ1v) is 9.94. The predicted octanol–water partition coefficient (Wildman–Crippen LogP) is 3.83. The van der Waals surface area contributed by atoms with Gasteiger partial charge >= 0.3 is 0 Å². The minimum Gasteiger partial charge on any atom is -0.479 e. The average Bonchev–Trinajstić information content (AvgIpc) is 2.78. The lowest BCUT2D eigenvalue weighted by atomic mass is 10.1. The summed E-state index contributed by atoms with van der Waals surface area (Å²) in [7, 11) is 0. The van der Waals surface area contributed by atoms with Gasteiger partial charge in [0, 0.05) is 16.9 Å². The van der Waals surface area contributed by atoms with E-state index in [1.807, 2.05) is 6.07 Å². The first kappa shape index (κ1) is 21.0. The molecule has 2 N–H and O–H groups in total. The standard InChI is InChI=1S/C24H20FN3O4/c1-15-24(31)28(14-22(29)26-18-5-3-2-4-6-18)20-13-19(11-12-21(20)32-15)27-23(30)16-7-9-17(25)10-8-16/h2-13,15H,14H2,1H3,(H,26,29)(H,27,30). The van der Waals surface area contributed by atoms with Crippen molar-refractivity contribution in [2.24, 2.45) is 0 Å². The second-order valence-corrected chi connectivity index (χ2v) is 7.24. The molecule has 0 spiro atoms. The molecule has 0 saturated heterocycles. The van der Waals surface area contributed by atoms with Gasteiger partial charge in [-0.15, -0.1) is 0 Å². The Morgan fingerprint density at radius 1 is 0.969 bits per heavy atom. The Hall–Kier alpha value is -4.20. The van der Waals surface area contributed by atoms with Crippen LogP contribution < -0.4 is 20.3 Å². The summed E-state index contributed by atoms with van der Waals surface area (Å²) in [6, 6.07) is 18.9. The van der Waals surface area contributed by atoms with Crippen molar-refractivity contribution >= 4 is 34.8 Å². The molecule has 1 atom stereocenters. The van der Waals surface area contributed by atoms with E-state index in [1.54, 1.807) is 49.4 Å². The molecule has 0 fully saturated rings. The zero-order valence-corrected chi connectivity index (χ0v) is 17.2. The molecule has 3 amide bonds. The molecule has 162 valence electrons. The third kappa shape index (κ3) is 4.59. The van der Waals surface area contributed by atoms with Crippen LogP contribution in [0.5, 0.6) is 5.75 Å². The Kier molecular flexibility index (Phi) is 5.85. The molecule has 0 aliphatic carbocycles. The number of fused-ring (bicyclic) bond motifs is 1. The number of carbonyl (C=O) groups is 3. The molecular weight excluding hydrogens is 413 g/mol. The molecule has 0 aromatic heterocycles. The molecule has 4 rings (SSSR count). The van der Waals surface area contributed by atoms with E-state index in [4.69, 9.17) is 4.74 Å². The Balaban J connectivity index is 1.55. The van der Waals surface area contributed by atoms with E-state index < -0.39 is 17.8 Å². The molecule has 0 bridgehead atoms. The first-order chi connectivity index (χ1) is 15.4. The maximum Gasteiger partial charge on any atom is 0.268 e. The molecular formula is C24H20FN3O4. The SMILES string of the molecule is CC1Oc2ccc(NC(=O)c3ccc(F)cc3)cc2N(CC(=O)Nc2ccccc2)C1=O. The van der Waals surface area contributed by atoms with E-state index in [1.165, 1.54) is 29.2 Å². The molecule has 1 aliphatic rings.